The first-order chi connectivity index (χ1) is 13.7. The van der Waals surface area contributed by atoms with Gasteiger partial charge >= 0.3 is 0 Å². The van der Waals surface area contributed by atoms with Crippen LogP contribution in [0.2, 0.25) is 5.02 Å². The van der Waals surface area contributed by atoms with E-state index in [-0.39, 0.29) is 24.3 Å². The van der Waals surface area contributed by atoms with E-state index in [2.05, 4.69) is 22.3 Å². The van der Waals surface area contributed by atoms with Gasteiger partial charge in [-0.15, -0.1) is 0 Å². The van der Waals surface area contributed by atoms with E-state index in [4.69, 9.17) is 16.3 Å². The van der Waals surface area contributed by atoms with Crippen LogP contribution in [0, 0.1) is 6.92 Å². The number of hydrogen-bond acceptors (Lipinski definition) is 5. The Hall–Kier alpha value is -2.18. The third-order valence-electron chi connectivity index (χ3n) is 5.50. The van der Waals surface area contributed by atoms with Gasteiger partial charge in [0.05, 0.1) is 0 Å². The molecule has 3 rings (SSSR count). The first-order valence-electron chi connectivity index (χ1n) is 9.95. The third-order valence-corrected chi connectivity index (χ3v) is 5.72. The highest BCUT2D eigenvalue weighted by Gasteiger charge is 2.23. The summed E-state index contributed by atoms with van der Waals surface area (Å²) in [6.45, 7) is 7.61. The number of benzene rings is 1. The van der Waals surface area contributed by atoms with Crippen LogP contribution in [0.5, 0.6) is 5.75 Å². The lowest BCUT2D eigenvalue weighted by Gasteiger charge is -2.30. The van der Waals surface area contributed by atoms with Crippen LogP contribution < -0.4 is 10.1 Å². The van der Waals surface area contributed by atoms with Crippen molar-refractivity contribution in [2.45, 2.75) is 46.1 Å². The molecular formula is C22H28ClN3O3. The Labute approximate surface area is 177 Å². The molecule has 0 radical (unpaired) electrons. The van der Waals surface area contributed by atoms with Crippen LogP contribution in [0.25, 0.3) is 0 Å². The van der Waals surface area contributed by atoms with Gasteiger partial charge in [-0.2, -0.15) is 0 Å². The van der Waals surface area contributed by atoms with Crippen molar-refractivity contribution in [1.29, 1.82) is 0 Å². The number of rotatable bonds is 5. The molecule has 2 aliphatic heterocycles. The van der Waals surface area contributed by atoms with E-state index in [0.29, 0.717) is 34.0 Å². The number of hydrogen-bond donors (Lipinski definition) is 1. The van der Waals surface area contributed by atoms with Crippen molar-refractivity contribution < 1.29 is 14.3 Å². The topological polar surface area (TPSA) is 71.0 Å². The van der Waals surface area contributed by atoms with E-state index in [1.54, 1.807) is 19.1 Å². The maximum Gasteiger partial charge on any atom is 0.252 e. The van der Waals surface area contributed by atoms with Crippen LogP contribution in [0.4, 0.5) is 0 Å². The molecule has 0 atom stereocenters. The molecule has 0 bridgehead atoms. The van der Waals surface area contributed by atoms with Gasteiger partial charge in [-0.1, -0.05) is 11.6 Å². The molecule has 0 aromatic heterocycles. The first kappa shape index (κ1) is 21.5. The highest BCUT2D eigenvalue weighted by Crippen LogP contribution is 2.29. The van der Waals surface area contributed by atoms with Crippen molar-refractivity contribution in [3.05, 3.63) is 39.6 Å². The van der Waals surface area contributed by atoms with Crippen LogP contribution >= 0.6 is 11.6 Å². The molecule has 7 heteroatoms. The number of ketones is 1. The van der Waals surface area contributed by atoms with E-state index >= 15 is 0 Å². The summed E-state index contributed by atoms with van der Waals surface area (Å²) < 4.78 is 6.17. The molecule has 2 heterocycles. The second kappa shape index (κ2) is 9.09. The third kappa shape index (κ3) is 5.25. The molecule has 0 unspecified atom stereocenters. The van der Waals surface area contributed by atoms with E-state index in [0.717, 1.165) is 37.2 Å². The molecule has 1 saturated heterocycles. The van der Waals surface area contributed by atoms with Crippen LogP contribution in [0.3, 0.4) is 0 Å². The zero-order valence-corrected chi connectivity index (χ0v) is 18.2. The maximum atomic E-state index is 12.8. The van der Waals surface area contributed by atoms with Crippen molar-refractivity contribution in [1.82, 2.24) is 10.2 Å². The molecule has 1 amide bonds. The Morgan fingerprint density at radius 3 is 2.62 bits per heavy atom. The monoisotopic (exact) mass is 417 g/mol. The minimum absolute atomic E-state index is 0.00408. The van der Waals surface area contributed by atoms with Gasteiger partial charge in [0, 0.05) is 59.2 Å². The van der Waals surface area contributed by atoms with Gasteiger partial charge in [0.1, 0.15) is 11.9 Å². The molecule has 2 aliphatic rings. The summed E-state index contributed by atoms with van der Waals surface area (Å²) in [7, 11) is 2.10. The average molecular weight is 418 g/mol. The Morgan fingerprint density at radius 1 is 1.28 bits per heavy atom. The number of carbonyl (C=O) groups excluding carboxylic acids is 2. The number of likely N-dealkylation sites (tertiary alicyclic amines) is 1. The molecule has 6 nitrogen and oxygen atoms in total. The van der Waals surface area contributed by atoms with Crippen LogP contribution in [-0.4, -0.2) is 55.1 Å². The Bertz CT molecular complexity index is 884. The summed E-state index contributed by atoms with van der Waals surface area (Å²) >= 11 is 6.27. The lowest BCUT2D eigenvalue weighted by atomic mass is 10.0. The Morgan fingerprint density at radius 2 is 1.97 bits per heavy atom. The van der Waals surface area contributed by atoms with E-state index in [1.165, 1.54) is 0 Å². The molecule has 0 spiro atoms. The number of nitrogens with zero attached hydrogens (tertiary/aromatic N) is 2. The van der Waals surface area contributed by atoms with E-state index in [1.807, 2.05) is 13.8 Å². The van der Waals surface area contributed by atoms with Gasteiger partial charge in [-0.05, 0) is 52.8 Å². The summed E-state index contributed by atoms with van der Waals surface area (Å²) in [4.78, 5) is 31.7. The van der Waals surface area contributed by atoms with Gasteiger partial charge in [0.25, 0.3) is 5.91 Å². The average Bonchev–Trinajstić information content (AvgIpc) is 2.65. The smallest absolute Gasteiger partial charge is 0.252 e. The summed E-state index contributed by atoms with van der Waals surface area (Å²) in [6.07, 6.45) is 2.31. The van der Waals surface area contributed by atoms with Crippen molar-refractivity contribution in [3.8, 4) is 5.75 Å². The largest absolute Gasteiger partial charge is 0.490 e. The predicted octanol–water partition coefficient (Wildman–Crippen LogP) is 3.56. The normalized spacial score (nSPS) is 18.7. The molecule has 0 aliphatic carbocycles. The highest BCUT2D eigenvalue weighted by molar-refractivity contribution is 6.31. The Kier molecular flexibility index (Phi) is 6.75. The molecule has 0 saturated carbocycles. The van der Waals surface area contributed by atoms with Gasteiger partial charge in [0.15, 0.2) is 5.78 Å². The van der Waals surface area contributed by atoms with Gasteiger partial charge in [0.2, 0.25) is 0 Å². The lowest BCUT2D eigenvalue weighted by Crippen LogP contribution is -2.36. The number of piperidine rings is 1. The summed E-state index contributed by atoms with van der Waals surface area (Å²) in [5.74, 6) is 0.364. The maximum absolute atomic E-state index is 12.8. The zero-order chi connectivity index (χ0) is 21.1. The van der Waals surface area contributed by atoms with Crippen molar-refractivity contribution in [2.75, 3.05) is 26.7 Å². The number of amides is 1. The number of allylic oxidation sites excluding steroid dienone is 1. The molecule has 29 heavy (non-hydrogen) atoms. The van der Waals surface area contributed by atoms with Crippen molar-refractivity contribution >= 4 is 29.0 Å². The lowest BCUT2D eigenvalue weighted by molar-refractivity contribution is -0.114. The van der Waals surface area contributed by atoms with Gasteiger partial charge in [-0.3, -0.25) is 14.6 Å². The Balaban J connectivity index is 1.73. The van der Waals surface area contributed by atoms with Crippen LogP contribution in [0.1, 0.15) is 49.0 Å². The quantitative estimate of drug-likeness (QED) is 0.795. The summed E-state index contributed by atoms with van der Waals surface area (Å²) in [5.41, 5.74) is 3.21. The van der Waals surface area contributed by atoms with Gasteiger partial charge < -0.3 is 15.0 Å². The van der Waals surface area contributed by atoms with E-state index in [9.17, 15) is 9.59 Å². The van der Waals surface area contributed by atoms with E-state index < -0.39 is 0 Å². The standard InChI is InChI=1S/C22H28ClN3O3/c1-13-9-20(27)19(15(3)25-13)12-24-22(28)18-10-16(23)11-21(14(18)2)29-17-5-7-26(4)8-6-17/h10-11,17H,5-9,12H2,1-4H3,(H,24,28). The molecule has 1 N–H and O–H groups in total. The van der Waals surface area contributed by atoms with Gasteiger partial charge in [-0.25, -0.2) is 0 Å². The summed E-state index contributed by atoms with van der Waals surface area (Å²) in [5, 5.41) is 3.29. The number of ether oxygens (including phenoxy) is 1. The number of halogens is 1. The second-order valence-corrected chi connectivity index (χ2v) is 8.33. The SMILES string of the molecule is CC1=NC(C)=C(CNC(=O)c2cc(Cl)cc(OC3CCN(C)CC3)c2C)C(=O)C1. The number of Topliss-reactive ketones (excluding diaryl/α,β-unsaturated/α-hetero) is 1. The van der Waals surface area contributed by atoms with Crippen LogP contribution in [0.15, 0.2) is 28.4 Å². The summed E-state index contributed by atoms with van der Waals surface area (Å²) in [6, 6.07) is 3.40. The number of carbonyl (C=O) groups is 2. The van der Waals surface area contributed by atoms with Crippen molar-refractivity contribution in [2.24, 2.45) is 4.99 Å². The molecule has 1 aromatic carbocycles. The van der Waals surface area contributed by atoms with Crippen molar-refractivity contribution in [3.63, 3.8) is 0 Å². The first-order valence-corrected chi connectivity index (χ1v) is 10.3. The minimum atomic E-state index is -0.280. The second-order valence-electron chi connectivity index (χ2n) is 7.89. The number of aliphatic imine (C=N–C) groups is 1. The van der Waals surface area contributed by atoms with Crippen LogP contribution in [-0.2, 0) is 4.79 Å². The minimum Gasteiger partial charge on any atom is -0.490 e. The number of nitrogens with one attached hydrogen (secondary N) is 1. The molecule has 156 valence electrons. The fourth-order valence-electron chi connectivity index (χ4n) is 3.72. The molecule has 1 fully saturated rings. The predicted molar refractivity (Wildman–Crippen MR) is 115 cm³/mol. The zero-order valence-electron chi connectivity index (χ0n) is 17.5. The molecular weight excluding hydrogens is 390 g/mol. The fourth-order valence-corrected chi connectivity index (χ4v) is 3.93. The fraction of sp³-hybridized carbons (Fsp3) is 0.500. The molecule has 1 aromatic rings. The highest BCUT2D eigenvalue weighted by atomic mass is 35.5.